The molecule has 0 aliphatic rings. The summed E-state index contributed by atoms with van der Waals surface area (Å²) in [6.45, 7) is 0. The van der Waals surface area contributed by atoms with Crippen LogP contribution in [0.5, 0.6) is 0 Å². The number of aromatic nitrogens is 1. The fourth-order valence-corrected chi connectivity index (χ4v) is 2.74. The molecule has 5 heteroatoms. The Morgan fingerprint density at radius 1 is 1.09 bits per heavy atom. The van der Waals surface area contributed by atoms with Gasteiger partial charge in [-0.15, -0.1) is 0 Å². The van der Waals surface area contributed by atoms with Crippen molar-refractivity contribution in [1.29, 1.82) is 0 Å². The number of para-hydroxylation sites is 1. The number of halogens is 1. The van der Waals surface area contributed by atoms with Crippen LogP contribution in [0.2, 0.25) is 0 Å². The van der Waals surface area contributed by atoms with Crippen LogP contribution in [-0.4, -0.2) is 21.9 Å². The minimum absolute atomic E-state index is 0.261. The number of carboxylic acid groups (broad SMARTS) is 1. The lowest BCUT2D eigenvalue weighted by Crippen LogP contribution is -2.01. The SMILES string of the molecule is O=C(O)c1cccc(-n2cccc2C=Nc2ccccc2I)c1. The van der Waals surface area contributed by atoms with Gasteiger partial charge in [0.1, 0.15) is 0 Å². The summed E-state index contributed by atoms with van der Waals surface area (Å²) in [5.41, 5.74) is 2.84. The Morgan fingerprint density at radius 2 is 1.91 bits per heavy atom. The average Bonchev–Trinajstić information content (AvgIpc) is 3.03. The Labute approximate surface area is 147 Å². The molecule has 0 unspecified atom stereocenters. The highest BCUT2D eigenvalue weighted by Crippen LogP contribution is 2.21. The number of rotatable bonds is 4. The van der Waals surface area contributed by atoms with Crippen molar-refractivity contribution in [3.63, 3.8) is 0 Å². The molecule has 114 valence electrons. The molecular weight excluding hydrogens is 403 g/mol. The van der Waals surface area contributed by atoms with Gasteiger partial charge in [-0.25, -0.2) is 4.79 Å². The quantitative estimate of drug-likeness (QED) is 0.502. The number of aromatic carboxylic acids is 1. The van der Waals surface area contributed by atoms with Gasteiger partial charge in [0.15, 0.2) is 0 Å². The molecule has 1 heterocycles. The number of hydrogen-bond donors (Lipinski definition) is 1. The number of carbonyl (C=O) groups is 1. The first-order valence-corrected chi connectivity index (χ1v) is 8.03. The first-order valence-electron chi connectivity index (χ1n) is 6.95. The topological polar surface area (TPSA) is 54.6 Å². The maximum Gasteiger partial charge on any atom is 0.335 e. The Balaban J connectivity index is 1.96. The molecule has 2 aromatic carbocycles. The van der Waals surface area contributed by atoms with Gasteiger partial charge in [-0.05, 0) is 65.1 Å². The van der Waals surface area contributed by atoms with Crippen LogP contribution in [0.3, 0.4) is 0 Å². The first kappa shape index (κ1) is 15.5. The second kappa shape index (κ2) is 6.78. The molecule has 23 heavy (non-hydrogen) atoms. The van der Waals surface area contributed by atoms with Gasteiger partial charge in [0.05, 0.1) is 23.2 Å². The van der Waals surface area contributed by atoms with E-state index in [1.54, 1.807) is 24.4 Å². The van der Waals surface area contributed by atoms with E-state index in [4.69, 9.17) is 5.11 Å². The third kappa shape index (κ3) is 3.50. The van der Waals surface area contributed by atoms with E-state index in [1.807, 2.05) is 53.2 Å². The normalized spacial score (nSPS) is 11.0. The second-order valence-electron chi connectivity index (χ2n) is 4.87. The molecule has 0 atom stereocenters. The van der Waals surface area contributed by atoms with E-state index in [2.05, 4.69) is 27.6 Å². The summed E-state index contributed by atoms with van der Waals surface area (Å²) < 4.78 is 2.98. The summed E-state index contributed by atoms with van der Waals surface area (Å²) in [7, 11) is 0. The zero-order chi connectivity index (χ0) is 16.2. The van der Waals surface area contributed by atoms with Gasteiger partial charge in [0, 0.05) is 15.5 Å². The highest BCUT2D eigenvalue weighted by Gasteiger charge is 2.06. The fourth-order valence-electron chi connectivity index (χ4n) is 2.22. The summed E-state index contributed by atoms with van der Waals surface area (Å²) in [6.07, 6.45) is 3.67. The third-order valence-electron chi connectivity index (χ3n) is 3.34. The van der Waals surface area contributed by atoms with Crippen molar-refractivity contribution in [3.05, 3.63) is 81.7 Å². The van der Waals surface area contributed by atoms with Gasteiger partial charge >= 0.3 is 5.97 Å². The van der Waals surface area contributed by atoms with Gasteiger partial charge in [0.25, 0.3) is 0 Å². The van der Waals surface area contributed by atoms with Crippen LogP contribution < -0.4 is 0 Å². The number of hydrogen-bond acceptors (Lipinski definition) is 2. The van der Waals surface area contributed by atoms with Crippen molar-refractivity contribution in [2.45, 2.75) is 0 Å². The third-order valence-corrected chi connectivity index (χ3v) is 4.25. The summed E-state index contributed by atoms with van der Waals surface area (Å²) in [5, 5.41) is 9.12. The van der Waals surface area contributed by atoms with E-state index in [1.165, 1.54) is 0 Å². The van der Waals surface area contributed by atoms with Crippen molar-refractivity contribution in [1.82, 2.24) is 4.57 Å². The zero-order valence-electron chi connectivity index (χ0n) is 12.1. The van der Waals surface area contributed by atoms with Crippen molar-refractivity contribution in [2.75, 3.05) is 0 Å². The minimum Gasteiger partial charge on any atom is -0.478 e. The number of nitrogens with zero attached hydrogens (tertiary/aromatic N) is 2. The van der Waals surface area contributed by atoms with E-state index in [-0.39, 0.29) is 5.56 Å². The molecule has 4 nitrogen and oxygen atoms in total. The lowest BCUT2D eigenvalue weighted by atomic mass is 10.2. The van der Waals surface area contributed by atoms with Crippen molar-refractivity contribution in [3.8, 4) is 5.69 Å². The molecule has 0 saturated carbocycles. The number of carboxylic acids is 1. The molecule has 3 rings (SSSR count). The zero-order valence-corrected chi connectivity index (χ0v) is 14.2. The van der Waals surface area contributed by atoms with Crippen LogP contribution in [0.4, 0.5) is 5.69 Å². The van der Waals surface area contributed by atoms with Crippen LogP contribution in [0, 0.1) is 3.57 Å². The molecule has 1 aromatic heterocycles. The standard InChI is InChI=1S/C18H13IN2O2/c19-16-8-1-2-9-17(16)20-12-15-7-4-10-21(15)14-6-3-5-13(11-14)18(22)23/h1-12H,(H,22,23). The maximum absolute atomic E-state index is 11.1. The molecule has 0 spiro atoms. The molecule has 0 bridgehead atoms. The van der Waals surface area contributed by atoms with Crippen LogP contribution in [0.1, 0.15) is 16.1 Å². The van der Waals surface area contributed by atoms with Gasteiger partial charge in [-0.2, -0.15) is 0 Å². The highest BCUT2D eigenvalue weighted by molar-refractivity contribution is 14.1. The van der Waals surface area contributed by atoms with Crippen molar-refractivity contribution in [2.24, 2.45) is 4.99 Å². The summed E-state index contributed by atoms with van der Waals surface area (Å²) in [4.78, 5) is 15.6. The van der Waals surface area contributed by atoms with Gasteiger partial charge < -0.3 is 9.67 Å². The molecule has 0 aliphatic carbocycles. The van der Waals surface area contributed by atoms with E-state index in [0.29, 0.717) is 0 Å². The molecule has 3 aromatic rings. The predicted octanol–water partition coefficient (Wildman–Crippen LogP) is 4.53. The van der Waals surface area contributed by atoms with Gasteiger partial charge in [0.2, 0.25) is 0 Å². The predicted molar refractivity (Wildman–Crippen MR) is 99.1 cm³/mol. The van der Waals surface area contributed by atoms with Crippen molar-refractivity contribution >= 4 is 40.5 Å². The van der Waals surface area contributed by atoms with Gasteiger partial charge in [-0.1, -0.05) is 18.2 Å². The van der Waals surface area contributed by atoms with Crippen LogP contribution in [-0.2, 0) is 0 Å². The lowest BCUT2D eigenvalue weighted by Gasteiger charge is -2.07. The average molecular weight is 416 g/mol. The number of aliphatic imine (C=N–C) groups is 1. The molecule has 0 radical (unpaired) electrons. The summed E-state index contributed by atoms with van der Waals surface area (Å²) >= 11 is 2.25. The summed E-state index contributed by atoms with van der Waals surface area (Å²) in [6, 6.07) is 18.6. The first-order chi connectivity index (χ1) is 11.1. The van der Waals surface area contributed by atoms with E-state index >= 15 is 0 Å². The smallest absolute Gasteiger partial charge is 0.335 e. The Morgan fingerprint density at radius 3 is 2.70 bits per heavy atom. The Bertz CT molecular complexity index is 884. The van der Waals surface area contributed by atoms with E-state index in [0.717, 1.165) is 20.6 Å². The van der Waals surface area contributed by atoms with Crippen LogP contribution >= 0.6 is 22.6 Å². The Hall–Kier alpha value is -2.41. The largest absolute Gasteiger partial charge is 0.478 e. The monoisotopic (exact) mass is 416 g/mol. The summed E-state index contributed by atoms with van der Waals surface area (Å²) in [5.74, 6) is -0.937. The van der Waals surface area contributed by atoms with E-state index < -0.39 is 5.97 Å². The van der Waals surface area contributed by atoms with Crippen molar-refractivity contribution < 1.29 is 9.90 Å². The minimum atomic E-state index is -0.937. The molecular formula is C18H13IN2O2. The van der Waals surface area contributed by atoms with Gasteiger partial charge in [-0.3, -0.25) is 4.99 Å². The maximum atomic E-state index is 11.1. The van der Waals surface area contributed by atoms with Crippen LogP contribution in [0.15, 0.2) is 71.9 Å². The van der Waals surface area contributed by atoms with Crippen LogP contribution in [0.25, 0.3) is 5.69 Å². The Kier molecular flexibility index (Phi) is 4.57. The molecule has 0 saturated heterocycles. The molecule has 1 N–H and O–H groups in total. The lowest BCUT2D eigenvalue weighted by molar-refractivity contribution is 0.0697. The molecule has 0 aliphatic heterocycles. The molecule has 0 amide bonds. The highest BCUT2D eigenvalue weighted by atomic mass is 127. The van der Waals surface area contributed by atoms with E-state index in [9.17, 15) is 4.79 Å². The fraction of sp³-hybridized carbons (Fsp3) is 0. The second-order valence-corrected chi connectivity index (χ2v) is 6.03. The number of benzene rings is 2. The molecule has 0 fully saturated rings.